The second-order valence-electron chi connectivity index (χ2n) is 5.69. The van der Waals surface area contributed by atoms with Crippen molar-refractivity contribution in [2.75, 3.05) is 7.11 Å². The largest absolute Gasteiger partial charge is 0.508 e. The molecule has 0 aliphatic carbocycles. The third kappa shape index (κ3) is 3.95. The van der Waals surface area contributed by atoms with Gasteiger partial charge in [-0.05, 0) is 41.5 Å². The summed E-state index contributed by atoms with van der Waals surface area (Å²) in [5, 5.41) is 20.0. The summed E-state index contributed by atoms with van der Waals surface area (Å²) in [6, 6.07) is 19.2. The first-order valence-electron chi connectivity index (χ1n) is 8.02. The van der Waals surface area contributed by atoms with Crippen molar-refractivity contribution in [3.8, 4) is 34.1 Å². The highest BCUT2D eigenvalue weighted by Gasteiger charge is 2.16. The topological polar surface area (TPSA) is 76.0 Å². The van der Waals surface area contributed by atoms with E-state index in [-0.39, 0.29) is 17.9 Å². The van der Waals surface area contributed by atoms with Gasteiger partial charge in [-0.25, -0.2) is 0 Å². The van der Waals surface area contributed by atoms with Crippen molar-refractivity contribution in [3.05, 3.63) is 72.3 Å². The molecule has 3 aromatic carbocycles. The number of ether oxygens (including phenoxy) is 2. The molecule has 3 aromatic rings. The highest BCUT2D eigenvalue weighted by molar-refractivity contribution is 5.81. The van der Waals surface area contributed by atoms with Crippen molar-refractivity contribution >= 4 is 5.97 Å². The number of phenolic OH excluding ortho intramolecular Hbond substituents is 2. The van der Waals surface area contributed by atoms with Crippen molar-refractivity contribution in [1.29, 1.82) is 0 Å². The molecular weight excluding hydrogens is 332 g/mol. The van der Waals surface area contributed by atoms with Gasteiger partial charge in [0.2, 0.25) is 0 Å². The molecule has 0 aliphatic rings. The Morgan fingerprint density at radius 2 is 1.58 bits per heavy atom. The number of hydrogen-bond acceptors (Lipinski definition) is 5. The van der Waals surface area contributed by atoms with E-state index < -0.39 is 5.97 Å². The fourth-order valence-electron chi connectivity index (χ4n) is 2.68. The van der Waals surface area contributed by atoms with Gasteiger partial charge < -0.3 is 19.7 Å². The van der Waals surface area contributed by atoms with E-state index in [1.54, 1.807) is 24.3 Å². The number of phenols is 2. The molecule has 0 radical (unpaired) electrons. The normalized spacial score (nSPS) is 10.3. The minimum Gasteiger partial charge on any atom is -0.508 e. The van der Waals surface area contributed by atoms with Gasteiger partial charge in [-0.2, -0.15) is 0 Å². The molecule has 0 atom stereocenters. The molecule has 132 valence electrons. The van der Waals surface area contributed by atoms with Crippen LogP contribution in [0, 0.1) is 0 Å². The van der Waals surface area contributed by atoms with E-state index in [1.807, 2.05) is 30.3 Å². The second-order valence-corrected chi connectivity index (χ2v) is 5.69. The van der Waals surface area contributed by atoms with Gasteiger partial charge in [0.15, 0.2) is 0 Å². The smallest absolute Gasteiger partial charge is 0.310 e. The van der Waals surface area contributed by atoms with Crippen LogP contribution in [0.1, 0.15) is 5.56 Å². The van der Waals surface area contributed by atoms with E-state index in [4.69, 9.17) is 4.74 Å². The van der Waals surface area contributed by atoms with Crippen molar-refractivity contribution in [2.45, 2.75) is 6.42 Å². The Kier molecular flexibility index (Phi) is 5.08. The molecule has 0 unspecified atom stereocenters. The Morgan fingerprint density at radius 1 is 0.923 bits per heavy atom. The fourth-order valence-corrected chi connectivity index (χ4v) is 2.68. The van der Waals surface area contributed by atoms with Crippen molar-refractivity contribution in [3.63, 3.8) is 0 Å². The summed E-state index contributed by atoms with van der Waals surface area (Å²) in [5.41, 5.74) is 1.65. The van der Waals surface area contributed by atoms with E-state index in [0.717, 1.165) is 5.75 Å². The number of rotatable bonds is 5. The molecule has 0 saturated heterocycles. The number of benzene rings is 3. The third-order valence-electron chi connectivity index (χ3n) is 3.87. The van der Waals surface area contributed by atoms with Crippen LogP contribution in [0.5, 0.6) is 23.0 Å². The molecule has 0 aliphatic heterocycles. The molecule has 5 nitrogen and oxygen atoms in total. The first kappa shape index (κ1) is 17.4. The van der Waals surface area contributed by atoms with Gasteiger partial charge in [-0.1, -0.05) is 30.3 Å². The Morgan fingerprint density at radius 3 is 2.23 bits per heavy atom. The van der Waals surface area contributed by atoms with Crippen LogP contribution in [0.3, 0.4) is 0 Å². The molecule has 0 bridgehead atoms. The number of carbonyl (C=O) groups excluding carboxylic acids is 1. The minimum atomic E-state index is -0.458. The first-order valence-corrected chi connectivity index (χ1v) is 8.02. The van der Waals surface area contributed by atoms with Gasteiger partial charge in [0.1, 0.15) is 23.0 Å². The lowest BCUT2D eigenvalue weighted by Gasteiger charge is -2.13. The number of aromatic hydroxyl groups is 2. The summed E-state index contributed by atoms with van der Waals surface area (Å²) in [6.07, 6.45) is -0.0595. The molecule has 0 fully saturated rings. The standard InChI is InChI=1S/C21H18O5/c1-25-20(24)12-15-11-16(22)13-19(23)21(15)14-7-9-18(10-8-14)26-17-5-3-2-4-6-17/h2-11,13,22-23H,12H2,1H3. The SMILES string of the molecule is COC(=O)Cc1cc(O)cc(O)c1-c1ccc(Oc2ccccc2)cc1. The van der Waals surface area contributed by atoms with Crippen LogP contribution in [-0.2, 0) is 16.0 Å². The van der Waals surface area contributed by atoms with Crippen LogP contribution in [0.2, 0.25) is 0 Å². The second kappa shape index (κ2) is 7.61. The Balaban J connectivity index is 1.92. The average Bonchev–Trinajstić information content (AvgIpc) is 2.63. The summed E-state index contributed by atoms with van der Waals surface area (Å²) in [5.74, 6) is 0.682. The zero-order chi connectivity index (χ0) is 18.5. The summed E-state index contributed by atoms with van der Waals surface area (Å²) >= 11 is 0. The maximum Gasteiger partial charge on any atom is 0.310 e. The molecule has 0 heterocycles. The molecule has 26 heavy (non-hydrogen) atoms. The molecule has 0 spiro atoms. The van der Waals surface area contributed by atoms with Gasteiger partial charge in [-0.3, -0.25) is 4.79 Å². The highest BCUT2D eigenvalue weighted by atomic mass is 16.5. The predicted molar refractivity (Wildman–Crippen MR) is 97.4 cm³/mol. The lowest BCUT2D eigenvalue weighted by Crippen LogP contribution is -2.05. The molecule has 0 amide bonds. The van der Waals surface area contributed by atoms with Crippen molar-refractivity contribution in [2.24, 2.45) is 0 Å². The first-order chi connectivity index (χ1) is 12.6. The van der Waals surface area contributed by atoms with E-state index in [1.165, 1.54) is 19.2 Å². The molecule has 5 heteroatoms. The number of para-hydroxylation sites is 1. The summed E-state index contributed by atoms with van der Waals surface area (Å²) in [4.78, 5) is 11.6. The zero-order valence-corrected chi connectivity index (χ0v) is 14.2. The lowest BCUT2D eigenvalue weighted by atomic mass is 9.96. The minimum absolute atomic E-state index is 0.0595. The molecular formula is C21H18O5. The Bertz CT molecular complexity index is 902. The van der Waals surface area contributed by atoms with E-state index in [2.05, 4.69) is 4.74 Å². The van der Waals surface area contributed by atoms with Gasteiger partial charge in [0.25, 0.3) is 0 Å². The van der Waals surface area contributed by atoms with E-state index in [0.29, 0.717) is 22.4 Å². The monoisotopic (exact) mass is 350 g/mol. The highest BCUT2D eigenvalue weighted by Crippen LogP contribution is 2.37. The Hall–Kier alpha value is -3.47. The summed E-state index contributed by atoms with van der Waals surface area (Å²) in [6.45, 7) is 0. The van der Waals surface area contributed by atoms with E-state index >= 15 is 0 Å². The number of hydrogen-bond donors (Lipinski definition) is 2. The number of carbonyl (C=O) groups is 1. The average molecular weight is 350 g/mol. The van der Waals surface area contributed by atoms with Crippen LogP contribution in [0.15, 0.2) is 66.7 Å². The van der Waals surface area contributed by atoms with Crippen LogP contribution in [0.4, 0.5) is 0 Å². The zero-order valence-electron chi connectivity index (χ0n) is 14.2. The quantitative estimate of drug-likeness (QED) is 0.672. The Labute approximate surface area is 151 Å². The maximum absolute atomic E-state index is 11.6. The van der Waals surface area contributed by atoms with Crippen molar-refractivity contribution < 1.29 is 24.5 Å². The molecule has 3 rings (SSSR count). The summed E-state index contributed by atoms with van der Waals surface area (Å²) in [7, 11) is 1.29. The number of esters is 1. The van der Waals surface area contributed by atoms with Crippen LogP contribution >= 0.6 is 0 Å². The van der Waals surface area contributed by atoms with Gasteiger partial charge in [-0.15, -0.1) is 0 Å². The predicted octanol–water partition coefficient (Wildman–Crippen LogP) is 4.27. The molecule has 0 aromatic heterocycles. The van der Waals surface area contributed by atoms with Gasteiger partial charge in [0, 0.05) is 11.6 Å². The maximum atomic E-state index is 11.6. The van der Waals surface area contributed by atoms with E-state index in [9.17, 15) is 15.0 Å². The van der Waals surface area contributed by atoms with Crippen LogP contribution in [0.25, 0.3) is 11.1 Å². The summed E-state index contributed by atoms with van der Waals surface area (Å²) < 4.78 is 10.4. The van der Waals surface area contributed by atoms with Crippen molar-refractivity contribution in [1.82, 2.24) is 0 Å². The van der Waals surface area contributed by atoms with Crippen LogP contribution in [-0.4, -0.2) is 23.3 Å². The molecule has 0 saturated carbocycles. The third-order valence-corrected chi connectivity index (χ3v) is 3.87. The fraction of sp³-hybridized carbons (Fsp3) is 0.0952. The number of methoxy groups -OCH3 is 1. The molecule has 2 N–H and O–H groups in total. The van der Waals surface area contributed by atoms with Crippen LogP contribution < -0.4 is 4.74 Å². The van der Waals surface area contributed by atoms with Gasteiger partial charge in [0.05, 0.1) is 13.5 Å². The lowest BCUT2D eigenvalue weighted by molar-refractivity contribution is -0.139. The van der Waals surface area contributed by atoms with Gasteiger partial charge >= 0.3 is 5.97 Å².